The monoisotopic (exact) mass is 345 g/mol. The SMILES string of the molecule is Cc1nc(CN2CC[C@]3(CCCN(C(=O)c4ccco4)C3)C2)cs1. The van der Waals surface area contributed by atoms with E-state index < -0.39 is 0 Å². The average molecular weight is 345 g/mol. The van der Waals surface area contributed by atoms with Gasteiger partial charge in [-0.3, -0.25) is 9.69 Å². The van der Waals surface area contributed by atoms with Crippen LogP contribution in [0.4, 0.5) is 0 Å². The number of carbonyl (C=O) groups excluding carboxylic acids is 1. The number of rotatable bonds is 3. The number of nitrogens with zero attached hydrogens (tertiary/aromatic N) is 3. The lowest BCUT2D eigenvalue weighted by molar-refractivity contribution is 0.0497. The molecule has 5 nitrogen and oxygen atoms in total. The van der Waals surface area contributed by atoms with Gasteiger partial charge in [-0.25, -0.2) is 4.98 Å². The van der Waals surface area contributed by atoms with Gasteiger partial charge in [0.15, 0.2) is 5.76 Å². The van der Waals surface area contributed by atoms with Crippen LogP contribution in [0.3, 0.4) is 0 Å². The summed E-state index contributed by atoms with van der Waals surface area (Å²) in [4.78, 5) is 21.7. The van der Waals surface area contributed by atoms with Gasteiger partial charge in [-0.15, -0.1) is 11.3 Å². The topological polar surface area (TPSA) is 49.6 Å². The largest absolute Gasteiger partial charge is 0.459 e. The summed E-state index contributed by atoms with van der Waals surface area (Å²) < 4.78 is 5.29. The number of piperidine rings is 1. The first-order valence-electron chi connectivity index (χ1n) is 8.60. The van der Waals surface area contributed by atoms with Crippen LogP contribution in [0.2, 0.25) is 0 Å². The number of likely N-dealkylation sites (tertiary alicyclic amines) is 2. The second kappa shape index (κ2) is 6.33. The summed E-state index contributed by atoms with van der Waals surface area (Å²) in [5.74, 6) is 0.493. The lowest BCUT2D eigenvalue weighted by Crippen LogP contribution is -2.47. The molecule has 128 valence electrons. The van der Waals surface area contributed by atoms with E-state index >= 15 is 0 Å². The van der Waals surface area contributed by atoms with Crippen LogP contribution in [0.5, 0.6) is 0 Å². The Morgan fingerprint density at radius 3 is 3.04 bits per heavy atom. The molecule has 0 bridgehead atoms. The van der Waals surface area contributed by atoms with Crippen molar-refractivity contribution in [3.63, 3.8) is 0 Å². The van der Waals surface area contributed by atoms with E-state index in [4.69, 9.17) is 4.42 Å². The van der Waals surface area contributed by atoms with E-state index in [1.165, 1.54) is 12.1 Å². The number of hydrogen-bond acceptors (Lipinski definition) is 5. The fourth-order valence-electron chi connectivity index (χ4n) is 4.14. The molecule has 4 rings (SSSR count). The molecule has 2 aromatic rings. The van der Waals surface area contributed by atoms with Crippen molar-refractivity contribution in [1.82, 2.24) is 14.8 Å². The lowest BCUT2D eigenvalue weighted by atomic mass is 9.79. The second-order valence-corrected chi connectivity index (χ2v) is 8.19. The maximum Gasteiger partial charge on any atom is 0.289 e. The highest BCUT2D eigenvalue weighted by molar-refractivity contribution is 7.09. The van der Waals surface area contributed by atoms with Gasteiger partial charge in [0.05, 0.1) is 17.0 Å². The highest BCUT2D eigenvalue weighted by Gasteiger charge is 2.42. The van der Waals surface area contributed by atoms with E-state index in [0.29, 0.717) is 5.76 Å². The minimum absolute atomic E-state index is 0.0349. The Labute approximate surface area is 146 Å². The maximum absolute atomic E-state index is 12.6. The molecule has 1 spiro atoms. The van der Waals surface area contributed by atoms with Gasteiger partial charge in [-0.05, 0) is 44.9 Å². The van der Waals surface area contributed by atoms with E-state index in [1.807, 2.05) is 4.90 Å². The maximum atomic E-state index is 12.6. The Balaban J connectivity index is 1.41. The third-order valence-electron chi connectivity index (χ3n) is 5.25. The van der Waals surface area contributed by atoms with Crippen molar-refractivity contribution < 1.29 is 9.21 Å². The predicted octanol–water partition coefficient (Wildman–Crippen LogP) is 3.17. The summed E-state index contributed by atoms with van der Waals surface area (Å²) in [5.41, 5.74) is 1.42. The molecule has 4 heterocycles. The van der Waals surface area contributed by atoms with Crippen molar-refractivity contribution >= 4 is 17.2 Å². The number of thiazole rings is 1. The number of carbonyl (C=O) groups is 1. The van der Waals surface area contributed by atoms with Gasteiger partial charge in [0.1, 0.15) is 0 Å². The summed E-state index contributed by atoms with van der Waals surface area (Å²) in [6, 6.07) is 3.54. The van der Waals surface area contributed by atoms with Gasteiger partial charge >= 0.3 is 0 Å². The van der Waals surface area contributed by atoms with Gasteiger partial charge in [-0.1, -0.05) is 0 Å². The van der Waals surface area contributed by atoms with Crippen molar-refractivity contribution in [2.75, 3.05) is 26.2 Å². The molecule has 6 heteroatoms. The minimum Gasteiger partial charge on any atom is -0.459 e. The van der Waals surface area contributed by atoms with Crippen molar-refractivity contribution in [2.45, 2.75) is 32.7 Å². The smallest absolute Gasteiger partial charge is 0.289 e. The molecule has 0 radical (unpaired) electrons. The summed E-state index contributed by atoms with van der Waals surface area (Å²) in [6.07, 6.45) is 5.02. The van der Waals surface area contributed by atoms with Crippen LogP contribution in [0, 0.1) is 12.3 Å². The van der Waals surface area contributed by atoms with Crippen LogP contribution in [0.1, 0.15) is 40.5 Å². The van der Waals surface area contributed by atoms with E-state index in [2.05, 4.69) is 22.2 Å². The number of aryl methyl sites for hydroxylation is 1. The third-order valence-corrected chi connectivity index (χ3v) is 6.07. The molecule has 0 aromatic carbocycles. The summed E-state index contributed by atoms with van der Waals surface area (Å²) >= 11 is 1.72. The van der Waals surface area contributed by atoms with Gasteiger partial charge in [0, 0.05) is 37.0 Å². The molecule has 2 aromatic heterocycles. The van der Waals surface area contributed by atoms with Gasteiger partial charge in [0.2, 0.25) is 0 Å². The first-order valence-corrected chi connectivity index (χ1v) is 9.48. The molecule has 0 aliphatic carbocycles. The molecule has 1 atom stereocenters. The normalized spacial score (nSPS) is 24.8. The van der Waals surface area contributed by atoms with Crippen molar-refractivity contribution in [3.8, 4) is 0 Å². The highest BCUT2D eigenvalue weighted by Crippen LogP contribution is 2.39. The van der Waals surface area contributed by atoms with Gasteiger partial charge in [0.25, 0.3) is 5.91 Å². The second-order valence-electron chi connectivity index (χ2n) is 7.13. The lowest BCUT2D eigenvalue weighted by Gasteiger charge is -2.40. The Kier molecular flexibility index (Phi) is 4.18. The third kappa shape index (κ3) is 3.13. The zero-order chi connectivity index (χ0) is 16.6. The highest BCUT2D eigenvalue weighted by atomic mass is 32.1. The molecule has 0 N–H and O–H groups in total. The fourth-order valence-corrected chi connectivity index (χ4v) is 4.75. The van der Waals surface area contributed by atoms with E-state index in [1.54, 1.807) is 29.7 Å². The molecule has 0 unspecified atom stereocenters. The van der Waals surface area contributed by atoms with Crippen LogP contribution in [0.15, 0.2) is 28.2 Å². The summed E-state index contributed by atoms with van der Waals surface area (Å²) in [6.45, 7) is 6.83. The quantitative estimate of drug-likeness (QED) is 0.857. The Morgan fingerprint density at radius 2 is 2.29 bits per heavy atom. The molecule has 24 heavy (non-hydrogen) atoms. The summed E-state index contributed by atoms with van der Waals surface area (Å²) in [5, 5.41) is 3.29. The Bertz CT molecular complexity index is 712. The Morgan fingerprint density at radius 1 is 1.38 bits per heavy atom. The minimum atomic E-state index is 0.0349. The molecular formula is C18H23N3O2S. The van der Waals surface area contributed by atoms with E-state index in [9.17, 15) is 4.79 Å². The number of hydrogen-bond donors (Lipinski definition) is 0. The van der Waals surface area contributed by atoms with Crippen molar-refractivity contribution in [1.29, 1.82) is 0 Å². The van der Waals surface area contributed by atoms with Crippen LogP contribution >= 0.6 is 11.3 Å². The van der Waals surface area contributed by atoms with Crippen LogP contribution < -0.4 is 0 Å². The van der Waals surface area contributed by atoms with Crippen LogP contribution in [0.25, 0.3) is 0 Å². The zero-order valence-corrected chi connectivity index (χ0v) is 14.8. The number of amides is 1. The fraction of sp³-hybridized carbons (Fsp3) is 0.556. The van der Waals surface area contributed by atoms with Gasteiger partial charge in [-0.2, -0.15) is 0 Å². The number of furan rings is 1. The Hall–Kier alpha value is -1.66. The molecular weight excluding hydrogens is 322 g/mol. The van der Waals surface area contributed by atoms with Crippen LogP contribution in [-0.4, -0.2) is 46.9 Å². The molecule has 2 aliphatic rings. The zero-order valence-electron chi connectivity index (χ0n) is 14.0. The standard InChI is InChI=1S/C18H23N3O2S/c1-14-19-15(11-24-14)10-20-8-6-18(12-20)5-3-7-21(13-18)17(22)16-4-2-9-23-16/h2,4,9,11H,3,5-8,10,12-13H2,1H3/t18-/m1/s1. The molecule has 0 saturated carbocycles. The van der Waals surface area contributed by atoms with Crippen molar-refractivity contribution in [2.24, 2.45) is 5.41 Å². The van der Waals surface area contributed by atoms with Gasteiger partial charge < -0.3 is 9.32 Å². The van der Waals surface area contributed by atoms with E-state index in [0.717, 1.165) is 50.6 Å². The summed E-state index contributed by atoms with van der Waals surface area (Å²) in [7, 11) is 0. The first kappa shape index (κ1) is 15.8. The molecule has 2 aliphatic heterocycles. The average Bonchev–Trinajstić information content (AvgIpc) is 3.30. The first-order chi connectivity index (χ1) is 11.6. The molecule has 2 fully saturated rings. The van der Waals surface area contributed by atoms with E-state index in [-0.39, 0.29) is 11.3 Å². The van der Waals surface area contributed by atoms with Crippen LogP contribution in [-0.2, 0) is 6.54 Å². The van der Waals surface area contributed by atoms with Crippen molar-refractivity contribution in [3.05, 3.63) is 40.2 Å². The predicted molar refractivity (Wildman–Crippen MR) is 93.0 cm³/mol. The number of aromatic nitrogens is 1. The molecule has 1 amide bonds. The molecule has 2 saturated heterocycles.